The molecule has 1 atom stereocenters. The highest BCUT2D eigenvalue weighted by molar-refractivity contribution is 7.10. The summed E-state index contributed by atoms with van der Waals surface area (Å²) in [6.45, 7) is 2.91. The number of aryl methyl sites for hydroxylation is 1. The predicted molar refractivity (Wildman–Crippen MR) is 83.2 cm³/mol. The van der Waals surface area contributed by atoms with Gasteiger partial charge in [-0.1, -0.05) is 0 Å². The van der Waals surface area contributed by atoms with Crippen LogP contribution < -0.4 is 10.9 Å². The molecule has 1 N–H and O–H groups in total. The van der Waals surface area contributed by atoms with Crippen LogP contribution in [0.4, 0.5) is 4.39 Å². The zero-order valence-corrected chi connectivity index (χ0v) is 13.4. The van der Waals surface area contributed by atoms with Gasteiger partial charge in [-0.25, -0.2) is 4.68 Å². The van der Waals surface area contributed by atoms with Crippen LogP contribution in [-0.2, 0) is 17.7 Å². The van der Waals surface area contributed by atoms with E-state index in [1.807, 2.05) is 0 Å². The summed E-state index contributed by atoms with van der Waals surface area (Å²) in [5.41, 5.74) is 0.711. The van der Waals surface area contributed by atoms with E-state index in [4.69, 9.17) is 4.74 Å². The van der Waals surface area contributed by atoms with Crippen molar-refractivity contribution in [2.75, 3.05) is 13.2 Å². The van der Waals surface area contributed by atoms with Gasteiger partial charge in [0, 0.05) is 30.5 Å². The van der Waals surface area contributed by atoms with Crippen LogP contribution in [0, 0.1) is 5.13 Å². The van der Waals surface area contributed by atoms with Gasteiger partial charge in [0.1, 0.15) is 11.8 Å². The number of hydrogen-bond acceptors (Lipinski definition) is 5. The van der Waals surface area contributed by atoms with E-state index in [2.05, 4.69) is 10.4 Å². The van der Waals surface area contributed by atoms with Gasteiger partial charge < -0.3 is 10.1 Å². The van der Waals surface area contributed by atoms with Crippen LogP contribution in [0.25, 0.3) is 0 Å². The molecule has 0 radical (unpaired) electrons. The van der Waals surface area contributed by atoms with Crippen molar-refractivity contribution in [2.24, 2.45) is 0 Å². The van der Waals surface area contributed by atoms with E-state index in [0.29, 0.717) is 19.6 Å². The summed E-state index contributed by atoms with van der Waals surface area (Å²) in [4.78, 5) is 24.6. The topological polar surface area (TPSA) is 73.2 Å². The molecule has 2 aromatic rings. The fraction of sp³-hybridized carbons (Fsp3) is 0.400. The van der Waals surface area contributed by atoms with Crippen LogP contribution in [0.2, 0.25) is 0 Å². The summed E-state index contributed by atoms with van der Waals surface area (Å²) in [6, 6.07) is 4.17. The molecule has 8 heteroatoms. The zero-order valence-electron chi connectivity index (χ0n) is 12.5. The first-order chi connectivity index (χ1) is 11.1. The van der Waals surface area contributed by atoms with Crippen LogP contribution in [0.1, 0.15) is 34.0 Å². The Morgan fingerprint density at radius 2 is 2.39 bits per heavy atom. The Hall–Kier alpha value is -2.06. The molecule has 0 aromatic carbocycles. The number of carbonyl (C=O) groups is 1. The van der Waals surface area contributed by atoms with E-state index in [-0.39, 0.29) is 29.0 Å². The van der Waals surface area contributed by atoms with Gasteiger partial charge >= 0.3 is 0 Å². The Kier molecular flexibility index (Phi) is 4.53. The molecular formula is C15H16FN3O3S. The van der Waals surface area contributed by atoms with Crippen LogP contribution in [0.5, 0.6) is 0 Å². The number of ether oxygens (including phenoxy) is 1. The summed E-state index contributed by atoms with van der Waals surface area (Å²) >= 11 is 1.12. The molecule has 2 aromatic heterocycles. The highest BCUT2D eigenvalue weighted by Crippen LogP contribution is 2.32. The predicted octanol–water partition coefficient (Wildman–Crippen LogP) is 1.51. The number of nitrogens with zero attached hydrogens (tertiary/aromatic N) is 2. The maximum absolute atomic E-state index is 13.4. The fourth-order valence-electron chi connectivity index (χ4n) is 2.50. The number of nitrogens with one attached hydrogen (secondary N) is 1. The average molecular weight is 337 g/mol. The Morgan fingerprint density at radius 3 is 3.17 bits per heavy atom. The molecule has 1 unspecified atom stereocenters. The van der Waals surface area contributed by atoms with E-state index < -0.39 is 5.91 Å². The lowest BCUT2D eigenvalue weighted by Crippen LogP contribution is -2.33. The van der Waals surface area contributed by atoms with E-state index in [0.717, 1.165) is 21.8 Å². The first-order valence-corrected chi connectivity index (χ1v) is 8.16. The van der Waals surface area contributed by atoms with Crippen molar-refractivity contribution in [3.05, 3.63) is 49.8 Å². The number of aromatic nitrogens is 2. The smallest absolute Gasteiger partial charge is 0.271 e. The molecule has 0 saturated carbocycles. The van der Waals surface area contributed by atoms with Crippen molar-refractivity contribution in [2.45, 2.75) is 26.0 Å². The molecule has 0 aliphatic carbocycles. The lowest BCUT2D eigenvalue weighted by Gasteiger charge is -2.23. The summed E-state index contributed by atoms with van der Waals surface area (Å²) in [5, 5.41) is 6.48. The Bertz CT molecular complexity index is 787. The number of halogens is 1. The summed E-state index contributed by atoms with van der Waals surface area (Å²) in [6.07, 6.45) is 0.331. The molecule has 3 heterocycles. The minimum atomic E-state index is -0.390. The second-order valence-electron chi connectivity index (χ2n) is 5.12. The van der Waals surface area contributed by atoms with E-state index >= 15 is 0 Å². The molecule has 23 heavy (non-hydrogen) atoms. The van der Waals surface area contributed by atoms with Gasteiger partial charge in [0.25, 0.3) is 11.5 Å². The number of hydrogen-bond donors (Lipinski definition) is 1. The molecular weight excluding hydrogens is 321 g/mol. The fourth-order valence-corrected chi connectivity index (χ4v) is 3.42. The molecule has 0 bridgehead atoms. The maximum atomic E-state index is 13.4. The normalized spacial score (nSPS) is 16.9. The average Bonchev–Trinajstić information content (AvgIpc) is 2.93. The van der Waals surface area contributed by atoms with Crippen molar-refractivity contribution >= 4 is 17.2 Å². The monoisotopic (exact) mass is 337 g/mol. The SMILES string of the molecule is CCn1nc(C(=O)NCC2OCCc3sc(F)cc32)ccc1=O. The summed E-state index contributed by atoms with van der Waals surface area (Å²) < 4.78 is 20.2. The zero-order chi connectivity index (χ0) is 16.4. The second-order valence-corrected chi connectivity index (χ2v) is 6.21. The summed E-state index contributed by atoms with van der Waals surface area (Å²) in [7, 11) is 0. The molecule has 1 amide bonds. The van der Waals surface area contributed by atoms with Gasteiger partial charge in [-0.3, -0.25) is 9.59 Å². The van der Waals surface area contributed by atoms with Gasteiger partial charge in [0.2, 0.25) is 0 Å². The van der Waals surface area contributed by atoms with Gasteiger partial charge in [-0.05, 0) is 24.6 Å². The first-order valence-electron chi connectivity index (χ1n) is 7.34. The first kappa shape index (κ1) is 15.8. The second kappa shape index (κ2) is 6.59. The molecule has 1 aliphatic heterocycles. The third-order valence-electron chi connectivity index (χ3n) is 3.65. The van der Waals surface area contributed by atoms with Crippen molar-refractivity contribution in [3.8, 4) is 0 Å². The third-order valence-corrected chi connectivity index (χ3v) is 4.65. The maximum Gasteiger partial charge on any atom is 0.271 e. The molecule has 1 aliphatic rings. The minimum Gasteiger partial charge on any atom is -0.371 e. The van der Waals surface area contributed by atoms with E-state index in [1.54, 1.807) is 6.92 Å². The van der Waals surface area contributed by atoms with Crippen LogP contribution in [-0.4, -0.2) is 28.8 Å². The summed E-state index contributed by atoms with van der Waals surface area (Å²) in [5.74, 6) is -0.390. The highest BCUT2D eigenvalue weighted by Gasteiger charge is 2.24. The van der Waals surface area contributed by atoms with E-state index in [9.17, 15) is 14.0 Å². The number of amides is 1. The lowest BCUT2D eigenvalue weighted by molar-refractivity contribution is 0.0421. The van der Waals surface area contributed by atoms with Crippen LogP contribution in [0.3, 0.4) is 0 Å². The van der Waals surface area contributed by atoms with Crippen molar-refractivity contribution in [1.82, 2.24) is 15.1 Å². The number of rotatable bonds is 4. The Labute approximate surface area is 135 Å². The Balaban J connectivity index is 1.69. The quantitative estimate of drug-likeness (QED) is 0.918. The number of thiophene rings is 1. The third kappa shape index (κ3) is 3.32. The molecule has 0 saturated heterocycles. The lowest BCUT2D eigenvalue weighted by atomic mass is 10.1. The molecule has 0 spiro atoms. The van der Waals surface area contributed by atoms with Gasteiger partial charge in [-0.2, -0.15) is 9.49 Å². The number of fused-ring (bicyclic) bond motifs is 1. The highest BCUT2D eigenvalue weighted by atomic mass is 32.1. The molecule has 3 rings (SSSR count). The standard InChI is InChI=1S/C15H16FN3O3S/c1-2-19-14(20)4-3-10(18-19)15(21)17-8-11-9-7-13(16)23-12(9)5-6-22-11/h3-4,7,11H,2,5-6,8H2,1H3,(H,17,21). The van der Waals surface area contributed by atoms with E-state index in [1.165, 1.54) is 22.9 Å². The van der Waals surface area contributed by atoms with Crippen molar-refractivity contribution in [1.29, 1.82) is 0 Å². The van der Waals surface area contributed by atoms with Gasteiger partial charge in [-0.15, -0.1) is 11.3 Å². The largest absolute Gasteiger partial charge is 0.371 e. The minimum absolute atomic E-state index is 0.166. The van der Waals surface area contributed by atoms with Crippen LogP contribution in [0.15, 0.2) is 23.0 Å². The molecule has 6 nitrogen and oxygen atoms in total. The molecule has 122 valence electrons. The van der Waals surface area contributed by atoms with Crippen molar-refractivity contribution in [3.63, 3.8) is 0 Å². The van der Waals surface area contributed by atoms with Gasteiger partial charge in [0.05, 0.1) is 6.61 Å². The Morgan fingerprint density at radius 1 is 1.57 bits per heavy atom. The van der Waals surface area contributed by atoms with Crippen LogP contribution >= 0.6 is 11.3 Å². The molecule has 0 fully saturated rings. The number of carbonyl (C=O) groups excluding carboxylic acids is 1. The van der Waals surface area contributed by atoms with Gasteiger partial charge in [0.15, 0.2) is 5.13 Å². The van der Waals surface area contributed by atoms with Crippen molar-refractivity contribution < 1.29 is 13.9 Å².